The highest BCUT2D eigenvalue weighted by Crippen LogP contribution is 2.38. The highest BCUT2D eigenvalue weighted by Gasteiger charge is 2.16. The molecule has 0 N–H and O–H groups in total. The summed E-state index contributed by atoms with van der Waals surface area (Å²) in [6.45, 7) is 0. The third kappa shape index (κ3) is 4.29. The van der Waals surface area contributed by atoms with Crippen molar-refractivity contribution >= 4 is 54.6 Å². The first-order chi connectivity index (χ1) is 23.7. The van der Waals surface area contributed by atoms with E-state index in [2.05, 4.69) is 66.7 Å². The van der Waals surface area contributed by atoms with Crippen LogP contribution in [0.3, 0.4) is 0 Å². The Morgan fingerprint density at radius 2 is 0.854 bits per heavy atom. The summed E-state index contributed by atoms with van der Waals surface area (Å²) < 4.78 is 12.6. The van der Waals surface area contributed by atoms with E-state index in [4.69, 9.17) is 23.8 Å². The summed E-state index contributed by atoms with van der Waals surface area (Å²) in [4.78, 5) is 14.7. The molecule has 0 saturated carbocycles. The molecule has 3 aromatic heterocycles. The number of fused-ring (bicyclic) bond motifs is 8. The summed E-state index contributed by atoms with van der Waals surface area (Å²) in [6, 6.07) is 51.7. The zero-order valence-electron chi connectivity index (χ0n) is 25.6. The fourth-order valence-electron chi connectivity index (χ4n) is 6.76. The number of furan rings is 2. The lowest BCUT2D eigenvalue weighted by Gasteiger charge is -2.08. The number of para-hydroxylation sites is 1. The minimum absolute atomic E-state index is 0.616. The molecule has 0 radical (unpaired) electrons. The van der Waals surface area contributed by atoms with E-state index in [1.54, 1.807) is 0 Å². The number of benzene rings is 7. The molecule has 7 aromatic carbocycles. The molecule has 0 spiro atoms. The standard InChI is InChI=1S/C43H25N3O2/c1-3-9-27(10-4-1)41-44-42(28-11-5-2-6-12-28)46-43(45-41)31-19-21-37-35(24-31)32-20-17-30(25-39(32)48-37)29-16-15-26-18-22-38-40(34(26)23-29)33-13-7-8-14-36(33)47-38/h1-25H. The molecule has 0 aliphatic rings. The highest BCUT2D eigenvalue weighted by molar-refractivity contribution is 6.19. The lowest BCUT2D eigenvalue weighted by Crippen LogP contribution is -2.00. The van der Waals surface area contributed by atoms with Gasteiger partial charge in [0.25, 0.3) is 0 Å². The zero-order valence-corrected chi connectivity index (χ0v) is 25.6. The largest absolute Gasteiger partial charge is 0.456 e. The van der Waals surface area contributed by atoms with Gasteiger partial charge in [-0.25, -0.2) is 15.0 Å². The number of rotatable bonds is 4. The van der Waals surface area contributed by atoms with Gasteiger partial charge in [0.2, 0.25) is 0 Å². The monoisotopic (exact) mass is 615 g/mol. The Balaban J connectivity index is 1.09. The van der Waals surface area contributed by atoms with Crippen LogP contribution in [0.1, 0.15) is 0 Å². The zero-order chi connectivity index (χ0) is 31.6. The molecule has 3 heterocycles. The summed E-state index contributed by atoms with van der Waals surface area (Å²) in [6.07, 6.45) is 0. The van der Waals surface area contributed by atoms with E-state index in [1.807, 2.05) is 84.9 Å². The average molecular weight is 616 g/mol. The van der Waals surface area contributed by atoms with Gasteiger partial charge in [0.05, 0.1) is 0 Å². The third-order valence-corrected chi connectivity index (χ3v) is 9.12. The Morgan fingerprint density at radius 1 is 0.312 bits per heavy atom. The first-order valence-corrected chi connectivity index (χ1v) is 15.9. The summed E-state index contributed by atoms with van der Waals surface area (Å²) in [7, 11) is 0. The maximum atomic E-state index is 6.43. The molecule has 10 rings (SSSR count). The molecule has 5 heteroatoms. The van der Waals surface area contributed by atoms with Crippen LogP contribution in [0.5, 0.6) is 0 Å². The van der Waals surface area contributed by atoms with Crippen molar-refractivity contribution in [1.29, 1.82) is 0 Å². The number of aromatic nitrogens is 3. The second-order valence-electron chi connectivity index (χ2n) is 12.0. The van der Waals surface area contributed by atoms with Crippen molar-refractivity contribution in [3.8, 4) is 45.3 Å². The van der Waals surface area contributed by atoms with Crippen molar-refractivity contribution in [2.75, 3.05) is 0 Å². The van der Waals surface area contributed by atoms with Crippen molar-refractivity contribution in [2.24, 2.45) is 0 Å². The van der Waals surface area contributed by atoms with Gasteiger partial charge in [-0.2, -0.15) is 0 Å². The van der Waals surface area contributed by atoms with Gasteiger partial charge in [-0.3, -0.25) is 0 Å². The van der Waals surface area contributed by atoms with Crippen LogP contribution in [0.2, 0.25) is 0 Å². The second-order valence-corrected chi connectivity index (χ2v) is 12.0. The van der Waals surface area contributed by atoms with Crippen LogP contribution < -0.4 is 0 Å². The molecule has 0 bridgehead atoms. The Kier molecular flexibility index (Phi) is 5.81. The number of hydrogen-bond donors (Lipinski definition) is 0. The molecule has 0 aliphatic carbocycles. The molecule has 0 fully saturated rings. The molecular weight excluding hydrogens is 590 g/mol. The molecule has 0 unspecified atom stereocenters. The van der Waals surface area contributed by atoms with Crippen molar-refractivity contribution in [3.05, 3.63) is 152 Å². The van der Waals surface area contributed by atoms with Gasteiger partial charge in [0.1, 0.15) is 22.3 Å². The van der Waals surface area contributed by atoms with E-state index in [0.717, 1.165) is 71.7 Å². The van der Waals surface area contributed by atoms with Crippen molar-refractivity contribution in [3.63, 3.8) is 0 Å². The Bertz CT molecular complexity index is 2780. The van der Waals surface area contributed by atoms with Crippen LogP contribution in [0.15, 0.2) is 160 Å². The predicted octanol–water partition coefficient (Wildman–Crippen LogP) is 11.5. The molecular formula is C43H25N3O2. The Morgan fingerprint density at radius 3 is 1.62 bits per heavy atom. The predicted molar refractivity (Wildman–Crippen MR) is 194 cm³/mol. The van der Waals surface area contributed by atoms with Crippen molar-refractivity contribution in [2.45, 2.75) is 0 Å². The fourth-order valence-corrected chi connectivity index (χ4v) is 6.76. The van der Waals surface area contributed by atoms with Crippen molar-refractivity contribution < 1.29 is 8.83 Å². The molecule has 5 nitrogen and oxygen atoms in total. The fraction of sp³-hybridized carbons (Fsp3) is 0. The van der Waals surface area contributed by atoms with E-state index in [-0.39, 0.29) is 0 Å². The molecule has 0 atom stereocenters. The normalized spacial score (nSPS) is 11.8. The summed E-state index contributed by atoms with van der Waals surface area (Å²) in [5, 5.41) is 6.68. The highest BCUT2D eigenvalue weighted by atomic mass is 16.3. The van der Waals surface area contributed by atoms with E-state index < -0.39 is 0 Å². The van der Waals surface area contributed by atoms with Gasteiger partial charge < -0.3 is 8.83 Å². The van der Waals surface area contributed by atoms with Gasteiger partial charge in [-0.15, -0.1) is 0 Å². The molecule has 0 amide bonds. The van der Waals surface area contributed by atoms with Gasteiger partial charge in [-0.1, -0.05) is 103 Å². The summed E-state index contributed by atoms with van der Waals surface area (Å²) >= 11 is 0. The molecule has 0 aliphatic heterocycles. The van der Waals surface area contributed by atoms with E-state index in [9.17, 15) is 0 Å². The number of hydrogen-bond acceptors (Lipinski definition) is 5. The van der Waals surface area contributed by atoms with Gasteiger partial charge in [0, 0.05) is 38.2 Å². The number of nitrogens with zero attached hydrogens (tertiary/aromatic N) is 3. The minimum atomic E-state index is 0.616. The van der Waals surface area contributed by atoms with Crippen LogP contribution in [0.4, 0.5) is 0 Å². The average Bonchev–Trinajstić information content (AvgIpc) is 3.73. The summed E-state index contributed by atoms with van der Waals surface area (Å²) in [5.41, 5.74) is 8.44. The van der Waals surface area contributed by atoms with Crippen LogP contribution in [0.25, 0.3) is 99.9 Å². The second kappa shape index (κ2) is 10.5. The molecule has 10 aromatic rings. The van der Waals surface area contributed by atoms with E-state index >= 15 is 0 Å². The van der Waals surface area contributed by atoms with Gasteiger partial charge in [0.15, 0.2) is 17.5 Å². The van der Waals surface area contributed by atoms with Crippen LogP contribution in [-0.2, 0) is 0 Å². The van der Waals surface area contributed by atoms with Crippen molar-refractivity contribution in [1.82, 2.24) is 15.0 Å². The van der Waals surface area contributed by atoms with Crippen LogP contribution in [-0.4, -0.2) is 15.0 Å². The van der Waals surface area contributed by atoms with Gasteiger partial charge in [-0.05, 0) is 70.4 Å². The van der Waals surface area contributed by atoms with Gasteiger partial charge >= 0.3 is 0 Å². The minimum Gasteiger partial charge on any atom is -0.456 e. The Hall–Kier alpha value is -6.59. The van der Waals surface area contributed by atoms with E-state index in [1.165, 1.54) is 10.8 Å². The first kappa shape index (κ1) is 26.6. The third-order valence-electron chi connectivity index (χ3n) is 9.12. The van der Waals surface area contributed by atoms with Crippen LogP contribution >= 0.6 is 0 Å². The maximum Gasteiger partial charge on any atom is 0.164 e. The summed E-state index contributed by atoms with van der Waals surface area (Å²) in [5.74, 6) is 1.89. The van der Waals surface area contributed by atoms with E-state index in [0.29, 0.717) is 17.5 Å². The topological polar surface area (TPSA) is 65.0 Å². The Labute approximate surface area is 274 Å². The van der Waals surface area contributed by atoms with Crippen LogP contribution in [0, 0.1) is 0 Å². The maximum absolute atomic E-state index is 6.43. The smallest absolute Gasteiger partial charge is 0.164 e. The SMILES string of the molecule is c1ccc(-c2nc(-c3ccccc3)nc(-c3ccc4oc5cc(-c6ccc7ccc8oc9ccccc9c8c7c6)ccc5c4c3)n2)cc1. The molecule has 0 saturated heterocycles. The lowest BCUT2D eigenvalue weighted by molar-refractivity contribution is 0.668. The lowest BCUT2D eigenvalue weighted by atomic mass is 9.97. The first-order valence-electron chi connectivity index (χ1n) is 15.9. The quantitative estimate of drug-likeness (QED) is 0.197. The molecule has 48 heavy (non-hydrogen) atoms. The molecule has 224 valence electrons.